The van der Waals surface area contributed by atoms with Gasteiger partial charge in [0.15, 0.2) is 5.69 Å². The van der Waals surface area contributed by atoms with Crippen LogP contribution >= 0.6 is 0 Å². The minimum atomic E-state index is -0.738. The summed E-state index contributed by atoms with van der Waals surface area (Å²) >= 11 is 0. The Labute approximate surface area is 96.0 Å². The SMILES string of the molecule is O=c1[nH]c(O)c(NCc2ccccc2)c(=O)[nH]1. The fourth-order valence-electron chi connectivity index (χ4n) is 1.42. The van der Waals surface area contributed by atoms with E-state index in [1.807, 2.05) is 35.3 Å². The van der Waals surface area contributed by atoms with Gasteiger partial charge >= 0.3 is 5.69 Å². The summed E-state index contributed by atoms with van der Waals surface area (Å²) in [6, 6.07) is 9.38. The second-order valence-electron chi connectivity index (χ2n) is 3.47. The molecule has 0 bridgehead atoms. The fraction of sp³-hybridized carbons (Fsp3) is 0.0909. The van der Waals surface area contributed by atoms with Crippen molar-refractivity contribution in [2.45, 2.75) is 6.54 Å². The number of hydrogen-bond donors (Lipinski definition) is 4. The highest BCUT2D eigenvalue weighted by Crippen LogP contribution is 2.12. The minimum absolute atomic E-state index is 0.0477. The number of aromatic hydroxyl groups is 1. The Balaban J connectivity index is 2.21. The van der Waals surface area contributed by atoms with Crippen molar-refractivity contribution in [3.63, 3.8) is 0 Å². The van der Waals surface area contributed by atoms with Crippen LogP contribution < -0.4 is 16.6 Å². The van der Waals surface area contributed by atoms with Crippen LogP contribution in [-0.4, -0.2) is 15.1 Å². The van der Waals surface area contributed by atoms with Gasteiger partial charge in [-0.05, 0) is 5.56 Å². The highest BCUT2D eigenvalue weighted by atomic mass is 16.3. The topological polar surface area (TPSA) is 98.0 Å². The van der Waals surface area contributed by atoms with Crippen LogP contribution in [0.2, 0.25) is 0 Å². The molecule has 0 aliphatic rings. The quantitative estimate of drug-likeness (QED) is 0.616. The van der Waals surface area contributed by atoms with Crippen molar-refractivity contribution in [2.24, 2.45) is 0 Å². The van der Waals surface area contributed by atoms with Crippen LogP contribution in [0.25, 0.3) is 0 Å². The Hall–Kier alpha value is -2.50. The molecule has 2 rings (SSSR count). The third-order valence-electron chi connectivity index (χ3n) is 2.23. The highest BCUT2D eigenvalue weighted by Gasteiger charge is 2.07. The summed E-state index contributed by atoms with van der Waals surface area (Å²) in [4.78, 5) is 26.3. The van der Waals surface area contributed by atoms with Crippen LogP contribution in [0.15, 0.2) is 39.9 Å². The molecule has 0 unspecified atom stereocenters. The second kappa shape index (κ2) is 4.56. The van der Waals surface area contributed by atoms with E-state index in [2.05, 4.69) is 10.3 Å². The number of rotatable bonds is 3. The molecule has 6 heteroatoms. The van der Waals surface area contributed by atoms with Gasteiger partial charge in [-0.3, -0.25) is 14.8 Å². The van der Waals surface area contributed by atoms with Crippen molar-refractivity contribution in [2.75, 3.05) is 5.32 Å². The van der Waals surface area contributed by atoms with Gasteiger partial charge < -0.3 is 10.4 Å². The predicted molar refractivity (Wildman–Crippen MR) is 63.1 cm³/mol. The van der Waals surface area contributed by atoms with Gasteiger partial charge in [0.1, 0.15) is 0 Å². The molecule has 4 N–H and O–H groups in total. The number of H-pyrrole nitrogens is 2. The molecule has 1 heterocycles. The Morgan fingerprint density at radius 2 is 1.82 bits per heavy atom. The van der Waals surface area contributed by atoms with Crippen LogP contribution in [0.4, 0.5) is 5.69 Å². The summed E-state index contributed by atoms with van der Waals surface area (Å²) in [6.07, 6.45) is 0. The van der Waals surface area contributed by atoms with E-state index in [1.165, 1.54) is 0 Å². The smallest absolute Gasteiger partial charge is 0.328 e. The van der Waals surface area contributed by atoms with E-state index in [4.69, 9.17) is 0 Å². The third kappa shape index (κ3) is 2.54. The van der Waals surface area contributed by atoms with Crippen LogP contribution in [0.3, 0.4) is 0 Å². The molecule has 0 aliphatic heterocycles. The van der Waals surface area contributed by atoms with E-state index in [-0.39, 0.29) is 5.69 Å². The van der Waals surface area contributed by atoms with Crippen LogP contribution in [0.1, 0.15) is 5.56 Å². The molecule has 1 aromatic heterocycles. The van der Waals surface area contributed by atoms with E-state index in [9.17, 15) is 14.7 Å². The lowest BCUT2D eigenvalue weighted by molar-refractivity contribution is 0.451. The highest BCUT2D eigenvalue weighted by molar-refractivity contribution is 5.49. The molecule has 0 aliphatic carbocycles. The van der Waals surface area contributed by atoms with E-state index >= 15 is 0 Å². The maximum Gasteiger partial charge on any atom is 0.328 e. The van der Waals surface area contributed by atoms with Gasteiger partial charge in [-0.25, -0.2) is 4.79 Å². The average molecular weight is 233 g/mol. The van der Waals surface area contributed by atoms with Crippen molar-refractivity contribution in [3.05, 3.63) is 56.7 Å². The van der Waals surface area contributed by atoms with Gasteiger partial charge in [0, 0.05) is 6.54 Å². The lowest BCUT2D eigenvalue weighted by Crippen LogP contribution is -2.24. The van der Waals surface area contributed by atoms with Gasteiger partial charge in [0.25, 0.3) is 5.56 Å². The van der Waals surface area contributed by atoms with E-state index in [1.54, 1.807) is 0 Å². The van der Waals surface area contributed by atoms with E-state index in [0.29, 0.717) is 6.54 Å². The van der Waals surface area contributed by atoms with Gasteiger partial charge in [-0.15, -0.1) is 0 Å². The zero-order valence-corrected chi connectivity index (χ0v) is 8.86. The summed E-state index contributed by atoms with van der Waals surface area (Å²) in [6.45, 7) is 0.378. The molecule has 17 heavy (non-hydrogen) atoms. The summed E-state index contributed by atoms with van der Waals surface area (Å²) in [5.74, 6) is -0.463. The maximum atomic E-state index is 11.4. The molecule has 1 aromatic carbocycles. The molecule has 0 saturated carbocycles. The van der Waals surface area contributed by atoms with Gasteiger partial charge in [0.05, 0.1) is 0 Å². The van der Waals surface area contributed by atoms with Crippen LogP contribution in [0, 0.1) is 0 Å². The number of aromatic nitrogens is 2. The first kappa shape index (κ1) is 11.0. The molecule has 6 nitrogen and oxygen atoms in total. The standard InChI is InChI=1S/C11H11N3O3/c15-9-8(10(16)14-11(17)13-9)12-6-7-4-2-1-3-5-7/h1-5,12H,6H2,(H3,13,14,15,16,17). The molecule has 0 fully saturated rings. The van der Waals surface area contributed by atoms with Crippen molar-refractivity contribution < 1.29 is 5.11 Å². The summed E-state index contributed by atoms with van der Waals surface area (Å²) in [5, 5.41) is 12.2. The van der Waals surface area contributed by atoms with Crippen molar-refractivity contribution in [1.29, 1.82) is 0 Å². The maximum absolute atomic E-state index is 11.4. The molecule has 88 valence electrons. The number of nitrogens with one attached hydrogen (secondary N) is 3. The number of aromatic amines is 2. The fourth-order valence-corrected chi connectivity index (χ4v) is 1.42. The Bertz CT molecular complexity index is 616. The number of anilines is 1. The first-order valence-electron chi connectivity index (χ1n) is 5.00. The molecule has 0 spiro atoms. The predicted octanol–water partition coefficient (Wildman–Crippen LogP) is 0.381. The van der Waals surface area contributed by atoms with Crippen molar-refractivity contribution in [1.82, 2.24) is 9.97 Å². The first-order chi connectivity index (χ1) is 8.16. The first-order valence-corrected chi connectivity index (χ1v) is 5.00. The minimum Gasteiger partial charge on any atom is -0.493 e. The zero-order valence-electron chi connectivity index (χ0n) is 8.86. The monoisotopic (exact) mass is 233 g/mol. The van der Waals surface area contributed by atoms with Crippen molar-refractivity contribution in [3.8, 4) is 5.88 Å². The zero-order chi connectivity index (χ0) is 12.3. The average Bonchev–Trinajstić information content (AvgIpc) is 2.29. The number of hydrogen-bond acceptors (Lipinski definition) is 4. The lowest BCUT2D eigenvalue weighted by atomic mass is 10.2. The molecule has 0 amide bonds. The van der Waals surface area contributed by atoms with Crippen LogP contribution in [-0.2, 0) is 6.54 Å². The lowest BCUT2D eigenvalue weighted by Gasteiger charge is -2.06. The Kier molecular flexibility index (Phi) is 2.95. The largest absolute Gasteiger partial charge is 0.493 e. The summed E-state index contributed by atoms with van der Waals surface area (Å²) in [5.41, 5.74) is -0.481. The molecule has 0 atom stereocenters. The van der Waals surface area contributed by atoms with Gasteiger partial charge in [-0.2, -0.15) is 0 Å². The molecule has 0 radical (unpaired) electrons. The van der Waals surface area contributed by atoms with Gasteiger partial charge in [0.2, 0.25) is 5.88 Å². The molecular weight excluding hydrogens is 222 g/mol. The normalized spacial score (nSPS) is 10.1. The second-order valence-corrected chi connectivity index (χ2v) is 3.47. The van der Waals surface area contributed by atoms with Gasteiger partial charge in [-0.1, -0.05) is 30.3 Å². The van der Waals surface area contributed by atoms with Crippen LogP contribution in [0.5, 0.6) is 5.88 Å². The van der Waals surface area contributed by atoms with E-state index < -0.39 is 17.1 Å². The van der Waals surface area contributed by atoms with Crippen molar-refractivity contribution >= 4 is 5.69 Å². The Morgan fingerprint density at radius 3 is 2.47 bits per heavy atom. The molecule has 0 saturated heterocycles. The number of benzene rings is 1. The third-order valence-corrected chi connectivity index (χ3v) is 2.23. The summed E-state index contributed by atoms with van der Waals surface area (Å²) in [7, 11) is 0. The Morgan fingerprint density at radius 1 is 1.12 bits per heavy atom. The van der Waals surface area contributed by atoms with E-state index in [0.717, 1.165) is 5.56 Å². The molecular formula is C11H11N3O3. The summed E-state index contributed by atoms with van der Waals surface area (Å²) < 4.78 is 0. The molecule has 2 aromatic rings.